The summed E-state index contributed by atoms with van der Waals surface area (Å²) in [5, 5.41) is 4.80. The summed E-state index contributed by atoms with van der Waals surface area (Å²) in [5.41, 5.74) is 2.71. The lowest BCUT2D eigenvalue weighted by atomic mass is 10.1. The maximum atomic E-state index is 12.9. The van der Waals surface area contributed by atoms with Crippen molar-refractivity contribution < 1.29 is 14.3 Å². The summed E-state index contributed by atoms with van der Waals surface area (Å²) in [7, 11) is 1.63. The molecule has 2 amide bonds. The molecule has 0 saturated heterocycles. The van der Waals surface area contributed by atoms with Gasteiger partial charge in [-0.15, -0.1) is 23.1 Å². The number of rotatable bonds is 8. The SMILES string of the molecule is COc1ccc(CNC(=O)CS[C@@H]2c3ccccc3C(=O)N2Cc2cccs2)cc1. The van der Waals surface area contributed by atoms with Crippen LogP contribution in [0.25, 0.3) is 0 Å². The normalized spacial score (nSPS) is 15.2. The first-order valence-corrected chi connectivity index (χ1v) is 11.5. The molecule has 2 aromatic carbocycles. The molecule has 0 spiro atoms. The lowest BCUT2D eigenvalue weighted by molar-refractivity contribution is -0.118. The van der Waals surface area contributed by atoms with Crippen molar-refractivity contribution in [3.05, 3.63) is 87.6 Å². The molecule has 7 heteroatoms. The van der Waals surface area contributed by atoms with E-state index in [2.05, 4.69) is 5.32 Å². The molecule has 0 saturated carbocycles. The van der Waals surface area contributed by atoms with Crippen molar-refractivity contribution in [1.82, 2.24) is 10.2 Å². The number of fused-ring (bicyclic) bond motifs is 1. The number of methoxy groups -OCH3 is 1. The van der Waals surface area contributed by atoms with E-state index in [0.29, 0.717) is 13.1 Å². The lowest BCUT2D eigenvalue weighted by Gasteiger charge is -2.24. The van der Waals surface area contributed by atoms with Gasteiger partial charge in [0.05, 0.1) is 19.4 Å². The Morgan fingerprint density at radius 1 is 1.13 bits per heavy atom. The highest BCUT2D eigenvalue weighted by atomic mass is 32.2. The number of nitrogens with zero attached hydrogens (tertiary/aromatic N) is 1. The number of carbonyl (C=O) groups is 2. The second-order valence-electron chi connectivity index (χ2n) is 6.89. The van der Waals surface area contributed by atoms with Gasteiger partial charge in [0.1, 0.15) is 11.1 Å². The molecule has 1 aromatic heterocycles. The molecule has 1 N–H and O–H groups in total. The van der Waals surface area contributed by atoms with Gasteiger partial charge in [-0.2, -0.15) is 0 Å². The van der Waals surface area contributed by atoms with Crippen LogP contribution in [-0.2, 0) is 17.9 Å². The number of hydrogen-bond acceptors (Lipinski definition) is 5. The van der Waals surface area contributed by atoms with Crippen LogP contribution in [0.2, 0.25) is 0 Å². The molecule has 1 aliphatic rings. The van der Waals surface area contributed by atoms with E-state index < -0.39 is 0 Å². The zero-order chi connectivity index (χ0) is 20.9. The third kappa shape index (κ3) is 4.52. The highest BCUT2D eigenvalue weighted by Gasteiger charge is 2.37. The van der Waals surface area contributed by atoms with Crippen LogP contribution >= 0.6 is 23.1 Å². The summed E-state index contributed by atoms with van der Waals surface area (Å²) in [5.74, 6) is 1.04. The van der Waals surface area contributed by atoms with Gasteiger partial charge in [-0.25, -0.2) is 0 Å². The first-order chi connectivity index (χ1) is 14.7. The van der Waals surface area contributed by atoms with Crippen molar-refractivity contribution in [3.63, 3.8) is 0 Å². The number of carbonyl (C=O) groups excluding carboxylic acids is 2. The molecule has 4 rings (SSSR count). The highest BCUT2D eigenvalue weighted by molar-refractivity contribution is 8.00. The average molecular weight is 439 g/mol. The van der Waals surface area contributed by atoms with E-state index in [-0.39, 0.29) is 22.9 Å². The fourth-order valence-corrected chi connectivity index (χ4v) is 5.24. The Bertz CT molecular complexity index is 1020. The number of amides is 2. The molecule has 2 heterocycles. The summed E-state index contributed by atoms with van der Waals surface area (Å²) < 4.78 is 5.15. The van der Waals surface area contributed by atoms with Gasteiger partial charge < -0.3 is 15.0 Å². The van der Waals surface area contributed by atoms with Crippen molar-refractivity contribution in [3.8, 4) is 5.75 Å². The topological polar surface area (TPSA) is 58.6 Å². The summed E-state index contributed by atoms with van der Waals surface area (Å²) >= 11 is 3.12. The Labute approximate surface area is 184 Å². The largest absolute Gasteiger partial charge is 0.497 e. The predicted octanol–water partition coefficient (Wildman–Crippen LogP) is 4.46. The zero-order valence-corrected chi connectivity index (χ0v) is 18.2. The molecule has 0 bridgehead atoms. The quantitative estimate of drug-likeness (QED) is 0.564. The van der Waals surface area contributed by atoms with Crippen molar-refractivity contribution >= 4 is 34.9 Å². The minimum Gasteiger partial charge on any atom is -0.497 e. The molecule has 0 aliphatic carbocycles. The number of ether oxygens (including phenoxy) is 1. The van der Waals surface area contributed by atoms with Crippen molar-refractivity contribution in [2.75, 3.05) is 12.9 Å². The first-order valence-electron chi connectivity index (χ1n) is 9.59. The minimum atomic E-state index is -0.164. The number of hydrogen-bond donors (Lipinski definition) is 1. The van der Waals surface area contributed by atoms with Crippen molar-refractivity contribution in [2.45, 2.75) is 18.5 Å². The molecule has 0 unspecified atom stereocenters. The van der Waals surface area contributed by atoms with Crippen LogP contribution in [0.3, 0.4) is 0 Å². The minimum absolute atomic E-state index is 0.0233. The Balaban J connectivity index is 1.39. The Morgan fingerprint density at radius 2 is 1.93 bits per heavy atom. The van der Waals surface area contributed by atoms with Gasteiger partial charge in [-0.3, -0.25) is 9.59 Å². The van der Waals surface area contributed by atoms with Crippen LogP contribution in [0.15, 0.2) is 66.0 Å². The predicted molar refractivity (Wildman–Crippen MR) is 121 cm³/mol. The molecule has 30 heavy (non-hydrogen) atoms. The number of nitrogens with one attached hydrogen (secondary N) is 1. The molecule has 1 atom stereocenters. The number of thiophene rings is 1. The van der Waals surface area contributed by atoms with Gasteiger partial charge in [0.25, 0.3) is 5.91 Å². The van der Waals surface area contributed by atoms with Gasteiger partial charge in [0.15, 0.2) is 0 Å². The average Bonchev–Trinajstić information content (AvgIpc) is 3.39. The Hall–Kier alpha value is -2.77. The first kappa shape index (κ1) is 20.5. The molecule has 0 fully saturated rings. The Morgan fingerprint density at radius 3 is 2.67 bits per heavy atom. The molecular formula is C23H22N2O3S2. The fourth-order valence-electron chi connectivity index (χ4n) is 3.39. The fraction of sp³-hybridized carbons (Fsp3) is 0.217. The van der Waals surface area contributed by atoms with Gasteiger partial charge >= 0.3 is 0 Å². The van der Waals surface area contributed by atoms with Crippen LogP contribution < -0.4 is 10.1 Å². The maximum Gasteiger partial charge on any atom is 0.255 e. The molecule has 5 nitrogen and oxygen atoms in total. The van der Waals surface area contributed by atoms with E-state index in [4.69, 9.17) is 4.74 Å². The second-order valence-corrected chi connectivity index (χ2v) is 8.99. The molecule has 154 valence electrons. The third-order valence-corrected chi connectivity index (χ3v) is 7.04. The van der Waals surface area contributed by atoms with E-state index >= 15 is 0 Å². The van der Waals surface area contributed by atoms with Gasteiger partial charge in [0, 0.05) is 17.0 Å². The van der Waals surface area contributed by atoms with Crippen LogP contribution in [0, 0.1) is 0 Å². The van der Waals surface area contributed by atoms with Crippen LogP contribution in [-0.4, -0.2) is 29.6 Å². The van der Waals surface area contributed by atoms with E-state index in [1.165, 1.54) is 11.8 Å². The van der Waals surface area contributed by atoms with E-state index in [9.17, 15) is 9.59 Å². The van der Waals surface area contributed by atoms with E-state index in [1.807, 2.05) is 70.9 Å². The van der Waals surface area contributed by atoms with Crippen LogP contribution in [0.5, 0.6) is 5.75 Å². The number of benzene rings is 2. The van der Waals surface area contributed by atoms with Crippen molar-refractivity contribution in [2.24, 2.45) is 0 Å². The smallest absolute Gasteiger partial charge is 0.255 e. The molecule has 3 aromatic rings. The summed E-state index contributed by atoms with van der Waals surface area (Å²) in [6.45, 7) is 1.01. The highest BCUT2D eigenvalue weighted by Crippen LogP contribution is 2.42. The second kappa shape index (κ2) is 9.36. The monoisotopic (exact) mass is 438 g/mol. The summed E-state index contributed by atoms with van der Waals surface area (Å²) in [6.07, 6.45) is 0. The number of thioether (sulfide) groups is 1. The molecule has 1 aliphatic heterocycles. The van der Waals surface area contributed by atoms with Gasteiger partial charge in [-0.1, -0.05) is 36.4 Å². The van der Waals surface area contributed by atoms with Crippen LogP contribution in [0.1, 0.15) is 31.7 Å². The zero-order valence-electron chi connectivity index (χ0n) is 16.5. The maximum absolute atomic E-state index is 12.9. The van der Waals surface area contributed by atoms with E-state index in [0.717, 1.165) is 27.3 Å². The standard InChI is InChI=1S/C23H22N2O3S2/c1-28-17-10-8-16(9-11-17)13-24-21(26)15-30-23-20-7-3-2-6-19(20)22(27)25(23)14-18-5-4-12-29-18/h2-12,23H,13-15H2,1H3,(H,24,26)/t23-/m1/s1. The lowest BCUT2D eigenvalue weighted by Crippen LogP contribution is -2.28. The van der Waals surface area contributed by atoms with Crippen LogP contribution in [0.4, 0.5) is 0 Å². The van der Waals surface area contributed by atoms with Gasteiger partial charge in [0.2, 0.25) is 5.91 Å². The summed E-state index contributed by atoms with van der Waals surface area (Å²) in [6, 6.07) is 19.3. The van der Waals surface area contributed by atoms with E-state index in [1.54, 1.807) is 18.4 Å². The molecule has 0 radical (unpaired) electrons. The third-order valence-electron chi connectivity index (χ3n) is 4.93. The van der Waals surface area contributed by atoms with Crippen molar-refractivity contribution in [1.29, 1.82) is 0 Å². The van der Waals surface area contributed by atoms with Gasteiger partial charge in [-0.05, 0) is 40.8 Å². The Kier molecular flexibility index (Phi) is 6.40. The molecular weight excluding hydrogens is 416 g/mol. The summed E-state index contributed by atoms with van der Waals surface area (Å²) in [4.78, 5) is 28.4.